The summed E-state index contributed by atoms with van der Waals surface area (Å²) in [7, 11) is -3.96. The molecule has 50 heavy (non-hydrogen) atoms. The predicted octanol–water partition coefficient (Wildman–Crippen LogP) is 7.85. The van der Waals surface area contributed by atoms with Crippen LogP contribution in [0.2, 0.25) is 0 Å². The van der Waals surface area contributed by atoms with Crippen LogP contribution in [0.1, 0.15) is 16.7 Å². The van der Waals surface area contributed by atoms with Crippen LogP contribution in [-0.2, 0) is 26.0 Å². The van der Waals surface area contributed by atoms with Gasteiger partial charge < -0.3 is 5.32 Å². The van der Waals surface area contributed by atoms with Crippen molar-refractivity contribution in [2.45, 2.75) is 28.0 Å². The standard InChI is InChI=1S/C37H28N4O6S3/c1-24-2-20-33(21-3-24)50(46,47)40-35(42)23-26-6-12-29(13-7-26)38-37-39-36(43)34(49-37)22-25-4-8-27(9-5-25)28-10-16-31(17-11-28)48-32-18-14-30(15-19-32)41(44)45/h2-22H,23H2,1H3,(H,40,42)(H,38,39,43). The molecule has 250 valence electrons. The molecule has 0 aromatic heterocycles. The fourth-order valence-corrected chi connectivity index (χ4v) is 7.48. The minimum absolute atomic E-state index is 0.0204. The molecule has 0 spiro atoms. The number of nitro benzene ring substituents is 1. The van der Waals surface area contributed by atoms with Crippen LogP contribution in [-0.4, -0.2) is 30.3 Å². The maximum atomic E-state index is 12.6. The Balaban J connectivity index is 1.01. The Bertz CT molecular complexity index is 2240. The molecule has 0 saturated carbocycles. The number of non-ortho nitro benzene ring substituents is 1. The zero-order valence-corrected chi connectivity index (χ0v) is 28.8. The number of nitro groups is 1. The zero-order chi connectivity index (χ0) is 35.3. The van der Waals surface area contributed by atoms with E-state index in [4.69, 9.17) is 0 Å². The molecule has 0 aliphatic carbocycles. The molecule has 6 rings (SSSR count). The summed E-state index contributed by atoms with van der Waals surface area (Å²) in [4.78, 5) is 42.1. The second-order valence-electron chi connectivity index (χ2n) is 11.2. The topological polar surface area (TPSA) is 148 Å². The molecule has 10 nitrogen and oxygen atoms in total. The highest BCUT2D eigenvalue weighted by Crippen LogP contribution is 2.32. The van der Waals surface area contributed by atoms with Gasteiger partial charge in [0.25, 0.3) is 21.6 Å². The van der Waals surface area contributed by atoms with Crippen molar-refractivity contribution in [3.8, 4) is 11.1 Å². The van der Waals surface area contributed by atoms with Crippen molar-refractivity contribution >= 4 is 68.0 Å². The number of rotatable bonds is 10. The quantitative estimate of drug-likeness (QED) is 0.0836. The maximum absolute atomic E-state index is 12.6. The zero-order valence-electron chi connectivity index (χ0n) is 26.4. The number of nitrogens with zero attached hydrogens (tertiary/aromatic N) is 2. The Hall–Kier alpha value is -5.50. The Labute approximate surface area is 296 Å². The van der Waals surface area contributed by atoms with E-state index in [1.165, 1.54) is 47.8 Å². The van der Waals surface area contributed by atoms with Gasteiger partial charge in [-0.3, -0.25) is 19.7 Å². The SMILES string of the molecule is Cc1ccc(S(=O)(=O)NC(=O)Cc2ccc(NC3=NC(=O)C(=Cc4ccc(-c5ccc(Sc6ccc([N+](=O)[O-])cc6)cc5)cc4)S3)cc2)cc1. The molecule has 1 heterocycles. The molecule has 13 heteroatoms. The van der Waals surface area contributed by atoms with Gasteiger partial charge in [0.1, 0.15) is 0 Å². The minimum Gasteiger partial charge on any atom is -0.334 e. The third-order valence-electron chi connectivity index (χ3n) is 7.45. The number of thioether (sulfide) groups is 1. The third kappa shape index (κ3) is 8.74. The number of aryl methyl sites for hydroxylation is 1. The van der Waals surface area contributed by atoms with Crippen LogP contribution in [0.3, 0.4) is 0 Å². The van der Waals surface area contributed by atoms with Crippen molar-refractivity contribution in [2.75, 3.05) is 5.32 Å². The van der Waals surface area contributed by atoms with Crippen LogP contribution in [0.5, 0.6) is 0 Å². The van der Waals surface area contributed by atoms with Crippen LogP contribution >= 0.6 is 23.5 Å². The minimum atomic E-state index is -3.96. The van der Waals surface area contributed by atoms with Gasteiger partial charge in [0.2, 0.25) is 5.91 Å². The Morgan fingerprint density at radius 3 is 2.02 bits per heavy atom. The second-order valence-corrected chi connectivity index (χ2v) is 15.0. The van der Waals surface area contributed by atoms with Crippen molar-refractivity contribution in [3.05, 3.63) is 153 Å². The van der Waals surface area contributed by atoms with Crippen molar-refractivity contribution < 1.29 is 22.9 Å². The summed E-state index contributed by atoms with van der Waals surface area (Å²) in [5.41, 5.74) is 5.12. The second kappa shape index (κ2) is 14.9. The Morgan fingerprint density at radius 2 is 1.42 bits per heavy atom. The Morgan fingerprint density at radius 1 is 0.840 bits per heavy atom. The first-order valence-electron chi connectivity index (χ1n) is 15.1. The first-order chi connectivity index (χ1) is 24.0. The van der Waals surface area contributed by atoms with Crippen molar-refractivity contribution in [2.24, 2.45) is 4.99 Å². The fourth-order valence-electron chi connectivity index (χ4n) is 4.85. The van der Waals surface area contributed by atoms with Gasteiger partial charge in [0.05, 0.1) is 21.1 Å². The number of hydrogen-bond acceptors (Lipinski definition) is 9. The van der Waals surface area contributed by atoms with E-state index in [9.17, 15) is 28.1 Å². The van der Waals surface area contributed by atoms with E-state index >= 15 is 0 Å². The van der Waals surface area contributed by atoms with Gasteiger partial charge in [-0.2, -0.15) is 4.99 Å². The van der Waals surface area contributed by atoms with Gasteiger partial charge in [-0.25, -0.2) is 13.1 Å². The van der Waals surface area contributed by atoms with Crippen molar-refractivity contribution in [1.82, 2.24) is 4.72 Å². The molecule has 2 N–H and O–H groups in total. The van der Waals surface area contributed by atoms with E-state index in [0.29, 0.717) is 21.3 Å². The summed E-state index contributed by atoms with van der Waals surface area (Å²) in [5.74, 6) is -1.00. The molecule has 0 fully saturated rings. The number of sulfonamides is 1. The molecule has 2 amide bonds. The van der Waals surface area contributed by atoms with Gasteiger partial charge in [-0.15, -0.1) is 0 Å². The van der Waals surface area contributed by atoms with Crippen molar-refractivity contribution in [1.29, 1.82) is 0 Å². The highest BCUT2D eigenvalue weighted by Gasteiger charge is 2.22. The first-order valence-corrected chi connectivity index (χ1v) is 18.3. The number of nitrogens with one attached hydrogen (secondary N) is 2. The average Bonchev–Trinajstić information content (AvgIpc) is 3.44. The Kier molecular flexibility index (Phi) is 10.3. The van der Waals surface area contributed by atoms with Gasteiger partial charge in [-0.05, 0) is 95.5 Å². The van der Waals surface area contributed by atoms with Gasteiger partial charge >= 0.3 is 0 Å². The van der Waals surface area contributed by atoms with Crippen LogP contribution in [0, 0.1) is 17.0 Å². The van der Waals surface area contributed by atoms with E-state index in [1.807, 2.05) is 55.5 Å². The lowest BCUT2D eigenvalue weighted by Gasteiger charge is -2.08. The molecule has 5 aromatic rings. The molecular formula is C37H28N4O6S3. The summed E-state index contributed by atoms with van der Waals surface area (Å²) < 4.78 is 27.1. The molecule has 0 radical (unpaired) electrons. The van der Waals surface area contributed by atoms with Crippen LogP contribution < -0.4 is 10.0 Å². The molecular weight excluding hydrogens is 693 g/mol. The summed E-state index contributed by atoms with van der Waals surface area (Å²) in [6.07, 6.45) is 1.66. The highest BCUT2D eigenvalue weighted by molar-refractivity contribution is 8.18. The third-order valence-corrected chi connectivity index (χ3v) is 10.8. The summed E-state index contributed by atoms with van der Waals surface area (Å²) >= 11 is 2.74. The van der Waals surface area contributed by atoms with Gasteiger partial charge in [-0.1, -0.05) is 78.0 Å². The predicted molar refractivity (Wildman–Crippen MR) is 197 cm³/mol. The number of hydrogen-bond donors (Lipinski definition) is 2. The van der Waals surface area contributed by atoms with Gasteiger partial charge in [0.15, 0.2) is 5.17 Å². The van der Waals surface area contributed by atoms with Gasteiger partial charge in [0, 0.05) is 27.6 Å². The normalized spacial score (nSPS) is 13.6. The van der Waals surface area contributed by atoms with Crippen molar-refractivity contribution in [3.63, 3.8) is 0 Å². The smallest absolute Gasteiger partial charge is 0.286 e. The largest absolute Gasteiger partial charge is 0.334 e. The van der Waals surface area contributed by atoms with E-state index in [1.54, 1.807) is 54.6 Å². The number of aliphatic imine (C=N–C) groups is 1. The monoisotopic (exact) mass is 720 g/mol. The first kappa shape index (κ1) is 34.4. The van der Waals surface area contributed by atoms with Crippen LogP contribution in [0.15, 0.2) is 146 Å². The van der Waals surface area contributed by atoms with E-state index in [-0.39, 0.29) is 22.9 Å². The number of carbonyl (C=O) groups excluding carboxylic acids is 2. The molecule has 0 bridgehead atoms. The number of amidine groups is 1. The fraction of sp³-hybridized carbons (Fsp3) is 0.0541. The molecule has 5 aromatic carbocycles. The molecule has 0 saturated heterocycles. The van der Waals surface area contributed by atoms with Crippen LogP contribution in [0.4, 0.5) is 11.4 Å². The summed E-state index contributed by atoms with van der Waals surface area (Å²) in [5, 5.41) is 14.4. The summed E-state index contributed by atoms with van der Waals surface area (Å²) in [6.45, 7) is 1.84. The molecule has 0 unspecified atom stereocenters. The molecule has 0 atom stereocenters. The molecule has 1 aliphatic rings. The summed E-state index contributed by atoms with van der Waals surface area (Å²) in [6, 6.07) is 35.4. The lowest BCUT2D eigenvalue weighted by Crippen LogP contribution is -2.31. The van der Waals surface area contributed by atoms with E-state index < -0.39 is 20.9 Å². The number of anilines is 1. The number of benzene rings is 5. The number of carbonyl (C=O) groups is 2. The highest BCUT2D eigenvalue weighted by atomic mass is 32.2. The molecule has 1 aliphatic heterocycles. The lowest BCUT2D eigenvalue weighted by atomic mass is 10.0. The van der Waals surface area contributed by atoms with E-state index in [2.05, 4.69) is 15.0 Å². The van der Waals surface area contributed by atoms with E-state index in [0.717, 1.165) is 32.0 Å². The maximum Gasteiger partial charge on any atom is 0.286 e. The average molecular weight is 721 g/mol. The number of amides is 2. The van der Waals surface area contributed by atoms with Crippen LogP contribution in [0.25, 0.3) is 17.2 Å². The lowest BCUT2D eigenvalue weighted by molar-refractivity contribution is -0.384.